The molecule has 0 aliphatic heterocycles. The van der Waals surface area contributed by atoms with Crippen LogP contribution in [-0.2, 0) is 9.53 Å². The second-order valence-electron chi connectivity index (χ2n) is 3.36. The fraction of sp³-hybridized carbons (Fsp3) is 0.889. The molecule has 0 rings (SSSR count). The highest BCUT2D eigenvalue weighted by molar-refractivity contribution is 5.75. The van der Waals surface area contributed by atoms with Gasteiger partial charge in [-0.2, -0.15) is 0 Å². The number of halogens is 2. The van der Waals surface area contributed by atoms with Crippen LogP contribution in [0.5, 0.6) is 0 Å². The van der Waals surface area contributed by atoms with Gasteiger partial charge in [-0.3, -0.25) is 4.79 Å². The van der Waals surface area contributed by atoms with E-state index in [1.165, 1.54) is 0 Å². The van der Waals surface area contributed by atoms with Gasteiger partial charge in [-0.05, 0) is 12.5 Å². The van der Waals surface area contributed by atoms with Gasteiger partial charge < -0.3 is 15.8 Å². The monoisotopic (exact) mass is 224 g/mol. The van der Waals surface area contributed by atoms with Gasteiger partial charge in [0.05, 0.1) is 6.61 Å². The van der Waals surface area contributed by atoms with Gasteiger partial charge in [0.1, 0.15) is 6.61 Å². The lowest BCUT2D eigenvalue weighted by molar-refractivity contribution is -0.122. The standard InChI is InChI=1S/C9H18F2N2O2/c1-7(4-12)5-13-9(14)2-3-15-6-8(10)11/h7-8H,2-6,12H2,1H3,(H,13,14). The summed E-state index contributed by atoms with van der Waals surface area (Å²) in [6.45, 7) is 2.32. The predicted octanol–water partition coefficient (Wildman–Crippen LogP) is 0.369. The van der Waals surface area contributed by atoms with Crippen molar-refractivity contribution in [2.45, 2.75) is 19.8 Å². The number of amides is 1. The molecule has 0 fully saturated rings. The molecule has 1 amide bonds. The summed E-state index contributed by atoms with van der Waals surface area (Å²) in [6.07, 6.45) is -2.38. The minimum Gasteiger partial charge on any atom is -0.375 e. The van der Waals surface area contributed by atoms with E-state index < -0.39 is 13.0 Å². The van der Waals surface area contributed by atoms with Crippen molar-refractivity contribution < 1.29 is 18.3 Å². The first-order valence-electron chi connectivity index (χ1n) is 4.89. The Bertz CT molecular complexity index is 179. The summed E-state index contributed by atoms with van der Waals surface area (Å²) in [6, 6.07) is 0. The minimum absolute atomic E-state index is 0.0210. The quantitative estimate of drug-likeness (QED) is 0.585. The fourth-order valence-electron chi connectivity index (χ4n) is 0.797. The molecule has 6 heteroatoms. The van der Waals surface area contributed by atoms with Gasteiger partial charge in [-0.15, -0.1) is 0 Å². The molecular weight excluding hydrogens is 206 g/mol. The maximum Gasteiger partial charge on any atom is 0.261 e. The first-order chi connectivity index (χ1) is 7.06. The second-order valence-corrected chi connectivity index (χ2v) is 3.36. The Balaban J connectivity index is 3.34. The molecule has 1 unspecified atom stereocenters. The summed E-state index contributed by atoms with van der Waals surface area (Å²) in [4.78, 5) is 11.1. The Kier molecular flexibility index (Phi) is 8.12. The molecule has 0 aromatic rings. The van der Waals surface area contributed by atoms with Crippen LogP contribution < -0.4 is 11.1 Å². The van der Waals surface area contributed by atoms with E-state index in [4.69, 9.17) is 5.73 Å². The molecule has 0 radical (unpaired) electrons. The van der Waals surface area contributed by atoms with Gasteiger partial charge in [-0.25, -0.2) is 8.78 Å². The third-order valence-corrected chi connectivity index (χ3v) is 1.77. The van der Waals surface area contributed by atoms with Gasteiger partial charge in [0.2, 0.25) is 5.91 Å². The van der Waals surface area contributed by atoms with E-state index in [0.717, 1.165) is 0 Å². The lowest BCUT2D eigenvalue weighted by Crippen LogP contribution is -2.31. The van der Waals surface area contributed by atoms with Gasteiger partial charge in [0, 0.05) is 13.0 Å². The molecule has 0 bridgehead atoms. The van der Waals surface area contributed by atoms with Gasteiger partial charge in [-0.1, -0.05) is 6.92 Å². The van der Waals surface area contributed by atoms with Crippen molar-refractivity contribution in [3.63, 3.8) is 0 Å². The summed E-state index contributed by atoms with van der Waals surface area (Å²) >= 11 is 0. The van der Waals surface area contributed by atoms with E-state index in [1.54, 1.807) is 0 Å². The molecule has 90 valence electrons. The molecule has 15 heavy (non-hydrogen) atoms. The minimum atomic E-state index is -2.48. The molecule has 3 N–H and O–H groups in total. The molecule has 1 atom stereocenters. The third-order valence-electron chi connectivity index (χ3n) is 1.77. The smallest absolute Gasteiger partial charge is 0.261 e. The molecule has 0 saturated carbocycles. The normalized spacial score (nSPS) is 12.9. The number of rotatable bonds is 8. The zero-order valence-corrected chi connectivity index (χ0v) is 8.84. The highest BCUT2D eigenvalue weighted by atomic mass is 19.3. The topological polar surface area (TPSA) is 64.3 Å². The van der Waals surface area contributed by atoms with Gasteiger partial charge in [0.25, 0.3) is 6.43 Å². The molecule has 0 aliphatic carbocycles. The van der Waals surface area contributed by atoms with Crippen LogP contribution >= 0.6 is 0 Å². The maximum atomic E-state index is 11.6. The average molecular weight is 224 g/mol. The van der Waals surface area contributed by atoms with E-state index in [9.17, 15) is 13.6 Å². The van der Waals surface area contributed by atoms with Crippen molar-refractivity contribution in [2.75, 3.05) is 26.3 Å². The van der Waals surface area contributed by atoms with Crippen molar-refractivity contribution in [2.24, 2.45) is 11.7 Å². The molecule has 0 saturated heterocycles. The zero-order chi connectivity index (χ0) is 11.7. The second kappa shape index (κ2) is 8.55. The number of hydrogen-bond donors (Lipinski definition) is 2. The summed E-state index contributed by atoms with van der Waals surface area (Å²) in [5.41, 5.74) is 5.35. The zero-order valence-electron chi connectivity index (χ0n) is 8.84. The number of alkyl halides is 2. The van der Waals surface area contributed by atoms with Crippen LogP contribution in [-0.4, -0.2) is 38.6 Å². The van der Waals surface area contributed by atoms with E-state index >= 15 is 0 Å². The van der Waals surface area contributed by atoms with E-state index in [0.29, 0.717) is 13.1 Å². The Labute approximate surface area is 88.2 Å². The number of carbonyl (C=O) groups is 1. The van der Waals surface area contributed by atoms with Crippen molar-refractivity contribution >= 4 is 5.91 Å². The van der Waals surface area contributed by atoms with Crippen LogP contribution in [0.2, 0.25) is 0 Å². The Morgan fingerprint density at radius 3 is 2.73 bits per heavy atom. The van der Waals surface area contributed by atoms with Crippen molar-refractivity contribution in [3.05, 3.63) is 0 Å². The van der Waals surface area contributed by atoms with Crippen molar-refractivity contribution in [1.29, 1.82) is 0 Å². The molecular formula is C9H18F2N2O2. The molecule has 0 aliphatic rings. The number of nitrogens with one attached hydrogen (secondary N) is 1. The summed E-state index contributed by atoms with van der Waals surface area (Å²) in [5.74, 6) is 0.0144. The summed E-state index contributed by atoms with van der Waals surface area (Å²) in [5, 5.41) is 2.64. The van der Waals surface area contributed by atoms with Crippen LogP contribution in [0, 0.1) is 5.92 Å². The van der Waals surface area contributed by atoms with Gasteiger partial charge in [0.15, 0.2) is 0 Å². The third kappa shape index (κ3) is 9.55. The van der Waals surface area contributed by atoms with Crippen LogP contribution in [0.15, 0.2) is 0 Å². The fourth-order valence-corrected chi connectivity index (χ4v) is 0.797. The Morgan fingerprint density at radius 1 is 1.53 bits per heavy atom. The van der Waals surface area contributed by atoms with E-state index in [-0.39, 0.29) is 24.9 Å². The first-order valence-corrected chi connectivity index (χ1v) is 4.89. The molecule has 0 aromatic carbocycles. The van der Waals surface area contributed by atoms with Crippen LogP contribution in [0.25, 0.3) is 0 Å². The van der Waals surface area contributed by atoms with Crippen LogP contribution in [0.3, 0.4) is 0 Å². The van der Waals surface area contributed by atoms with E-state index in [1.807, 2.05) is 6.92 Å². The number of ether oxygens (including phenoxy) is 1. The van der Waals surface area contributed by atoms with Crippen LogP contribution in [0.4, 0.5) is 8.78 Å². The maximum absolute atomic E-state index is 11.6. The number of nitrogens with two attached hydrogens (primary N) is 1. The summed E-state index contributed by atoms with van der Waals surface area (Å²) in [7, 11) is 0. The lowest BCUT2D eigenvalue weighted by Gasteiger charge is -2.10. The molecule has 0 heterocycles. The molecule has 4 nitrogen and oxygen atoms in total. The predicted molar refractivity (Wildman–Crippen MR) is 52.7 cm³/mol. The van der Waals surface area contributed by atoms with E-state index in [2.05, 4.69) is 10.1 Å². The molecule has 0 spiro atoms. The Morgan fingerprint density at radius 2 is 2.20 bits per heavy atom. The number of hydrogen-bond acceptors (Lipinski definition) is 3. The summed E-state index contributed by atoms with van der Waals surface area (Å²) < 4.78 is 27.8. The van der Waals surface area contributed by atoms with Crippen LogP contribution in [0.1, 0.15) is 13.3 Å². The molecule has 0 aromatic heterocycles. The Hall–Kier alpha value is -0.750. The lowest BCUT2D eigenvalue weighted by atomic mass is 10.2. The van der Waals surface area contributed by atoms with Crippen molar-refractivity contribution in [3.8, 4) is 0 Å². The van der Waals surface area contributed by atoms with Gasteiger partial charge >= 0.3 is 0 Å². The number of carbonyl (C=O) groups excluding carboxylic acids is 1. The van der Waals surface area contributed by atoms with Crippen molar-refractivity contribution in [1.82, 2.24) is 5.32 Å². The highest BCUT2D eigenvalue weighted by Gasteiger charge is 2.05. The average Bonchev–Trinajstić information content (AvgIpc) is 2.20. The first kappa shape index (κ1) is 14.2. The largest absolute Gasteiger partial charge is 0.375 e. The SMILES string of the molecule is CC(CN)CNC(=O)CCOCC(F)F. The highest BCUT2D eigenvalue weighted by Crippen LogP contribution is 1.94.